The highest BCUT2D eigenvalue weighted by atomic mass is 16.5. The van der Waals surface area contributed by atoms with Crippen LogP contribution in [0.1, 0.15) is 78.2 Å². The zero-order chi connectivity index (χ0) is 27.2. The van der Waals surface area contributed by atoms with Crippen LogP contribution in [-0.2, 0) is 19.1 Å². The summed E-state index contributed by atoms with van der Waals surface area (Å²) >= 11 is 0. The molecule has 3 amide bonds. The van der Waals surface area contributed by atoms with Crippen LogP contribution in [0, 0.1) is 23.7 Å². The van der Waals surface area contributed by atoms with Gasteiger partial charge in [-0.25, -0.2) is 0 Å². The summed E-state index contributed by atoms with van der Waals surface area (Å²) in [5.41, 5.74) is 0.788. The average Bonchev–Trinajstić information content (AvgIpc) is 3.53. The number of hydrogen-bond donors (Lipinski definition) is 2. The van der Waals surface area contributed by atoms with Crippen LogP contribution in [0.25, 0.3) is 0 Å². The van der Waals surface area contributed by atoms with Crippen molar-refractivity contribution in [3.05, 3.63) is 42.0 Å². The van der Waals surface area contributed by atoms with Gasteiger partial charge in [0.1, 0.15) is 11.6 Å². The number of benzene rings is 1. The second kappa shape index (κ2) is 10.5. The van der Waals surface area contributed by atoms with Gasteiger partial charge in [-0.05, 0) is 48.3 Å². The van der Waals surface area contributed by atoms with E-state index < -0.39 is 29.6 Å². The number of hydrogen-bond acceptors (Lipinski definition) is 4. The molecule has 3 fully saturated rings. The fourth-order valence-electron chi connectivity index (χ4n) is 7.06. The monoisotopic (exact) mass is 521 g/mol. The molecule has 0 unspecified atom stereocenters. The number of anilines is 1. The minimum absolute atomic E-state index is 0.0836. The first kappa shape index (κ1) is 26.9. The van der Waals surface area contributed by atoms with Crippen molar-refractivity contribution in [1.82, 2.24) is 10.2 Å². The van der Waals surface area contributed by atoms with E-state index in [1.807, 2.05) is 36.4 Å². The lowest BCUT2D eigenvalue weighted by Crippen LogP contribution is -2.58. The molecule has 0 radical (unpaired) electrons. The highest BCUT2D eigenvalue weighted by Crippen LogP contribution is 2.55. The van der Waals surface area contributed by atoms with Gasteiger partial charge in [0.05, 0.1) is 17.9 Å². The molecule has 0 aromatic heterocycles. The predicted molar refractivity (Wildman–Crippen MR) is 147 cm³/mol. The Hall–Kier alpha value is -2.67. The molecule has 7 nitrogen and oxygen atoms in total. The normalized spacial score (nSPS) is 35.6. The molecule has 38 heavy (non-hydrogen) atoms. The van der Waals surface area contributed by atoms with Gasteiger partial charge in [0, 0.05) is 18.3 Å². The molecule has 1 aliphatic carbocycles. The van der Waals surface area contributed by atoms with E-state index in [0.29, 0.717) is 30.0 Å². The van der Waals surface area contributed by atoms with Crippen LogP contribution in [0.5, 0.6) is 0 Å². The molecule has 5 rings (SSSR count). The number of amides is 3. The molecule has 2 bridgehead atoms. The third-order valence-corrected chi connectivity index (χ3v) is 9.56. The van der Waals surface area contributed by atoms with E-state index in [-0.39, 0.29) is 23.8 Å². The Morgan fingerprint density at radius 2 is 1.87 bits per heavy atom. The van der Waals surface area contributed by atoms with E-state index in [0.717, 1.165) is 25.7 Å². The topological polar surface area (TPSA) is 87.7 Å². The third-order valence-electron chi connectivity index (χ3n) is 9.56. The van der Waals surface area contributed by atoms with Crippen molar-refractivity contribution in [1.29, 1.82) is 0 Å². The molecule has 1 aromatic carbocycles. The number of nitrogens with zero attached hydrogens (tertiary/aromatic N) is 1. The van der Waals surface area contributed by atoms with Crippen LogP contribution in [0.4, 0.5) is 5.69 Å². The van der Waals surface area contributed by atoms with Gasteiger partial charge in [0.15, 0.2) is 0 Å². The van der Waals surface area contributed by atoms with E-state index in [4.69, 9.17) is 4.74 Å². The summed E-state index contributed by atoms with van der Waals surface area (Å²) in [6.45, 7) is 11.3. The minimum Gasteiger partial charge on any atom is -0.359 e. The number of unbranched alkanes of at least 4 members (excludes halogenated alkanes) is 1. The Morgan fingerprint density at radius 3 is 2.55 bits per heavy atom. The van der Waals surface area contributed by atoms with Gasteiger partial charge in [-0.15, -0.1) is 0 Å². The van der Waals surface area contributed by atoms with Gasteiger partial charge in [-0.2, -0.15) is 0 Å². The summed E-state index contributed by atoms with van der Waals surface area (Å²) in [7, 11) is 0. The van der Waals surface area contributed by atoms with E-state index in [2.05, 4.69) is 45.3 Å². The zero-order valence-electron chi connectivity index (χ0n) is 23.4. The van der Waals surface area contributed by atoms with Crippen molar-refractivity contribution in [2.75, 3.05) is 11.9 Å². The maximum Gasteiger partial charge on any atom is 0.246 e. The van der Waals surface area contributed by atoms with Gasteiger partial charge < -0.3 is 20.3 Å². The molecule has 1 aromatic rings. The molecule has 3 aliphatic heterocycles. The lowest BCUT2D eigenvalue weighted by Gasteiger charge is -2.38. The maximum atomic E-state index is 13.9. The largest absolute Gasteiger partial charge is 0.359 e. The molecule has 4 aliphatic rings. The molecule has 206 valence electrons. The van der Waals surface area contributed by atoms with E-state index in [9.17, 15) is 14.4 Å². The number of nitrogens with one attached hydrogen (secondary N) is 2. The highest BCUT2D eigenvalue weighted by molar-refractivity contribution is 6.02. The first-order chi connectivity index (χ1) is 18.2. The van der Waals surface area contributed by atoms with Gasteiger partial charge in [0.25, 0.3) is 0 Å². The zero-order valence-corrected chi connectivity index (χ0v) is 23.4. The first-order valence-electron chi connectivity index (χ1n) is 14.6. The quantitative estimate of drug-likeness (QED) is 0.488. The highest BCUT2D eigenvalue weighted by Gasteiger charge is 2.72. The second-order valence-corrected chi connectivity index (χ2v) is 12.2. The summed E-state index contributed by atoms with van der Waals surface area (Å²) in [5.74, 6) is -0.596. The summed E-state index contributed by atoms with van der Waals surface area (Å²) in [5, 5.41) is 6.33. The molecule has 8 atom stereocenters. The van der Waals surface area contributed by atoms with Crippen LogP contribution in [0.3, 0.4) is 0 Å². The van der Waals surface area contributed by atoms with Crippen molar-refractivity contribution in [3.63, 3.8) is 0 Å². The van der Waals surface area contributed by atoms with Crippen LogP contribution in [0.2, 0.25) is 0 Å². The van der Waals surface area contributed by atoms with E-state index >= 15 is 0 Å². The van der Waals surface area contributed by atoms with Gasteiger partial charge in [-0.3, -0.25) is 14.4 Å². The number of likely N-dealkylation sites (tertiary alicyclic amines) is 1. The minimum atomic E-state index is -1.10. The molecule has 3 heterocycles. The lowest BCUT2D eigenvalue weighted by molar-refractivity contribution is -0.141. The van der Waals surface area contributed by atoms with E-state index in [1.54, 1.807) is 4.90 Å². The molecule has 1 spiro atoms. The second-order valence-electron chi connectivity index (χ2n) is 12.2. The van der Waals surface area contributed by atoms with Gasteiger partial charge >= 0.3 is 0 Å². The number of ether oxygens (including phenoxy) is 1. The third kappa shape index (κ3) is 4.47. The number of rotatable bonds is 8. The van der Waals surface area contributed by atoms with Crippen molar-refractivity contribution < 1.29 is 19.1 Å². The molecular weight excluding hydrogens is 478 g/mol. The van der Waals surface area contributed by atoms with Crippen molar-refractivity contribution in [2.24, 2.45) is 23.7 Å². The average molecular weight is 522 g/mol. The molecule has 2 N–H and O–H groups in total. The summed E-state index contributed by atoms with van der Waals surface area (Å²) in [6, 6.07) is 7.15. The van der Waals surface area contributed by atoms with Gasteiger partial charge in [-0.1, -0.05) is 78.2 Å². The van der Waals surface area contributed by atoms with Crippen molar-refractivity contribution >= 4 is 23.4 Å². The van der Waals surface area contributed by atoms with Crippen molar-refractivity contribution in [2.45, 2.75) is 96.4 Å². The summed E-state index contributed by atoms with van der Waals surface area (Å²) in [4.78, 5) is 43.2. The Morgan fingerprint density at radius 1 is 1.13 bits per heavy atom. The maximum absolute atomic E-state index is 13.9. The first-order valence-corrected chi connectivity index (χ1v) is 14.6. The molecular formula is C31H43N3O4. The van der Waals surface area contributed by atoms with Crippen molar-refractivity contribution in [3.8, 4) is 0 Å². The fraction of sp³-hybridized carbons (Fsp3) is 0.645. The summed E-state index contributed by atoms with van der Waals surface area (Å²) < 4.78 is 6.46. The fourth-order valence-corrected chi connectivity index (χ4v) is 7.06. The van der Waals surface area contributed by atoms with Crippen LogP contribution >= 0.6 is 0 Å². The molecule has 1 saturated carbocycles. The Labute approximate surface area is 226 Å². The number of fused-ring (bicyclic) bond motifs is 1. The Balaban J connectivity index is 1.40. The van der Waals surface area contributed by atoms with Gasteiger partial charge in [0.2, 0.25) is 17.7 Å². The predicted octanol–water partition coefficient (Wildman–Crippen LogP) is 4.64. The van der Waals surface area contributed by atoms with Crippen LogP contribution < -0.4 is 10.6 Å². The smallest absolute Gasteiger partial charge is 0.246 e. The summed E-state index contributed by atoms with van der Waals surface area (Å²) in [6.07, 6.45) is 8.17. The SMILES string of the molecule is CCCCN1C(=O)[C@@H]2[C@H](C(=O)Nc3ccc(C(C)C)cc3)[C@@H]3C=C[C@@]2(O3)[C@@H]1C(=O)N[C@@H]1CCC[C@H](C)[C@@H]1C. The Kier molecular flexibility index (Phi) is 7.42. The Bertz CT molecular complexity index is 1100. The molecule has 2 saturated heterocycles. The lowest BCUT2D eigenvalue weighted by atomic mass is 9.73. The standard InChI is InChI=1S/C31H43N3O4/c1-6-7-17-34-27(29(36)33-23-10-8-9-19(4)20(23)5)31-16-15-24(38-31)25(26(31)30(34)37)28(35)32-22-13-11-21(12-14-22)18(2)3/h11-16,18-20,23-27H,6-10,17H2,1-5H3,(H,32,35)(H,33,36)/t19-,20-,23+,24-,25+,26-,27-,31-/m0/s1. The van der Waals surface area contributed by atoms with Crippen LogP contribution in [-0.4, -0.2) is 53.0 Å². The molecule has 7 heteroatoms. The number of carbonyl (C=O) groups excluding carboxylic acids is 3. The van der Waals surface area contributed by atoms with E-state index in [1.165, 1.54) is 12.0 Å². The van der Waals surface area contributed by atoms with Crippen LogP contribution in [0.15, 0.2) is 36.4 Å². The number of carbonyl (C=O) groups is 3.